The molecule has 0 aliphatic carbocycles. The van der Waals surface area contributed by atoms with E-state index in [4.69, 9.17) is 9.15 Å². The van der Waals surface area contributed by atoms with Gasteiger partial charge in [0.05, 0.1) is 24.2 Å². The molecule has 0 bridgehead atoms. The molecule has 6 heteroatoms. The number of carbonyl (C=O) groups is 1. The number of anilines is 1. The number of benzene rings is 2. The molecule has 0 atom stereocenters. The number of nitrogens with zero attached hydrogens (tertiary/aromatic N) is 2. The van der Waals surface area contributed by atoms with Crippen molar-refractivity contribution in [3.8, 4) is 17.2 Å². The summed E-state index contributed by atoms with van der Waals surface area (Å²) in [6.45, 7) is 2.82. The van der Waals surface area contributed by atoms with Crippen LogP contribution in [0.4, 0.5) is 5.69 Å². The van der Waals surface area contributed by atoms with E-state index < -0.39 is 0 Å². The number of aryl methyl sites for hydroxylation is 1. The first-order chi connectivity index (χ1) is 14.2. The number of amides is 1. The highest BCUT2D eigenvalue weighted by molar-refractivity contribution is 7.99. The Morgan fingerprint density at radius 3 is 2.86 bits per heavy atom. The van der Waals surface area contributed by atoms with E-state index >= 15 is 0 Å². The van der Waals surface area contributed by atoms with Crippen LogP contribution in [-0.2, 0) is 17.0 Å². The van der Waals surface area contributed by atoms with Gasteiger partial charge < -0.3 is 14.1 Å². The van der Waals surface area contributed by atoms with Crippen LogP contribution in [0.15, 0.2) is 53.1 Å². The van der Waals surface area contributed by atoms with Gasteiger partial charge in [0.2, 0.25) is 11.8 Å². The molecule has 1 aromatic heterocycles. The van der Waals surface area contributed by atoms with E-state index in [1.807, 2.05) is 41.3 Å². The van der Waals surface area contributed by atoms with Crippen LogP contribution in [-0.4, -0.2) is 30.3 Å². The average molecular weight is 409 g/mol. The summed E-state index contributed by atoms with van der Waals surface area (Å²) in [5.41, 5.74) is 5.17. The normalized spacial score (nSPS) is 13.2. The van der Waals surface area contributed by atoms with Crippen LogP contribution in [0, 0.1) is 6.92 Å². The minimum absolute atomic E-state index is 0.103. The van der Waals surface area contributed by atoms with E-state index in [0.717, 1.165) is 42.1 Å². The minimum Gasteiger partial charge on any atom is -0.495 e. The molecule has 150 valence electrons. The highest BCUT2D eigenvalue weighted by atomic mass is 32.2. The topological polar surface area (TPSA) is 55.6 Å². The molecule has 0 saturated carbocycles. The molecule has 3 aromatic rings. The Labute approximate surface area is 175 Å². The number of rotatable bonds is 6. The van der Waals surface area contributed by atoms with Crippen LogP contribution in [0.1, 0.15) is 23.2 Å². The van der Waals surface area contributed by atoms with E-state index in [2.05, 4.69) is 18.0 Å². The summed E-state index contributed by atoms with van der Waals surface area (Å²) in [6.07, 6.45) is 3.63. The van der Waals surface area contributed by atoms with E-state index in [-0.39, 0.29) is 5.91 Å². The molecule has 1 amide bonds. The maximum atomic E-state index is 13.0. The van der Waals surface area contributed by atoms with Gasteiger partial charge in [0.15, 0.2) is 0 Å². The van der Waals surface area contributed by atoms with Gasteiger partial charge >= 0.3 is 0 Å². The third-order valence-electron chi connectivity index (χ3n) is 5.13. The number of fused-ring (bicyclic) bond motifs is 1. The summed E-state index contributed by atoms with van der Waals surface area (Å²) in [5, 5.41) is 0. The molecule has 0 saturated heterocycles. The van der Waals surface area contributed by atoms with Gasteiger partial charge in [-0.05, 0) is 49.1 Å². The van der Waals surface area contributed by atoms with Crippen LogP contribution in [0.2, 0.25) is 0 Å². The molecule has 0 radical (unpaired) electrons. The van der Waals surface area contributed by atoms with Crippen molar-refractivity contribution < 1.29 is 13.9 Å². The number of aromatic nitrogens is 1. The van der Waals surface area contributed by atoms with Gasteiger partial charge in [0.25, 0.3) is 0 Å². The minimum atomic E-state index is 0.103. The number of methoxy groups -OCH3 is 1. The van der Waals surface area contributed by atoms with Crippen molar-refractivity contribution in [1.29, 1.82) is 0 Å². The lowest BCUT2D eigenvalue weighted by atomic mass is 9.96. The molecule has 0 unspecified atom stereocenters. The van der Waals surface area contributed by atoms with Crippen LogP contribution >= 0.6 is 11.8 Å². The zero-order valence-electron chi connectivity index (χ0n) is 16.7. The number of hydrogen-bond donors (Lipinski definition) is 0. The zero-order chi connectivity index (χ0) is 20.2. The first-order valence-corrected chi connectivity index (χ1v) is 10.9. The van der Waals surface area contributed by atoms with Crippen LogP contribution in [0.3, 0.4) is 0 Å². The molecule has 4 rings (SSSR count). The summed E-state index contributed by atoms with van der Waals surface area (Å²) in [7, 11) is 1.66. The lowest BCUT2D eigenvalue weighted by molar-refractivity contribution is -0.116. The molecular formula is C23H24N2O3S. The van der Waals surface area contributed by atoms with Gasteiger partial charge in [-0.3, -0.25) is 4.79 Å². The van der Waals surface area contributed by atoms with Gasteiger partial charge in [0.1, 0.15) is 12.0 Å². The Hall–Kier alpha value is -2.73. The van der Waals surface area contributed by atoms with E-state index in [1.54, 1.807) is 25.1 Å². The molecule has 0 spiro atoms. The number of ether oxygens (including phenoxy) is 1. The van der Waals surface area contributed by atoms with Crippen molar-refractivity contribution in [2.75, 3.05) is 24.3 Å². The van der Waals surface area contributed by atoms with Crippen molar-refractivity contribution >= 4 is 23.4 Å². The van der Waals surface area contributed by atoms with Gasteiger partial charge in [-0.15, -0.1) is 11.8 Å². The third kappa shape index (κ3) is 4.17. The standard InChI is InChI=1S/C23H24N2O3S/c1-16-10-11-20(27-2)22-19(16)9-6-12-25(22)21(26)15-29-14-18-13-28-23(24-18)17-7-4-3-5-8-17/h3-5,7-8,10-11,13H,6,9,12,14-15H2,1-2H3. The number of thioether (sulfide) groups is 1. The smallest absolute Gasteiger partial charge is 0.237 e. The van der Waals surface area contributed by atoms with Crippen LogP contribution in [0.5, 0.6) is 5.75 Å². The summed E-state index contributed by atoms with van der Waals surface area (Å²) in [4.78, 5) is 19.4. The fourth-order valence-electron chi connectivity index (χ4n) is 3.67. The Kier molecular flexibility index (Phi) is 5.90. The maximum Gasteiger partial charge on any atom is 0.237 e. The highest BCUT2D eigenvalue weighted by Crippen LogP contribution is 2.38. The summed E-state index contributed by atoms with van der Waals surface area (Å²) in [6, 6.07) is 13.8. The SMILES string of the molecule is COc1ccc(C)c2c1N(C(=O)CSCc1coc(-c3ccccc3)n1)CCC2. The second-order valence-electron chi connectivity index (χ2n) is 7.06. The quantitative estimate of drug-likeness (QED) is 0.582. The fourth-order valence-corrected chi connectivity index (χ4v) is 4.45. The van der Waals surface area contributed by atoms with Crippen LogP contribution in [0.25, 0.3) is 11.5 Å². The lowest BCUT2D eigenvalue weighted by Gasteiger charge is -2.32. The van der Waals surface area contributed by atoms with E-state index in [1.165, 1.54) is 11.1 Å². The van der Waals surface area contributed by atoms with Gasteiger partial charge in [-0.2, -0.15) is 0 Å². The van der Waals surface area contributed by atoms with E-state index in [9.17, 15) is 4.79 Å². The molecule has 2 heterocycles. The Balaban J connectivity index is 1.41. The van der Waals surface area contributed by atoms with Gasteiger partial charge in [0, 0.05) is 17.9 Å². The molecule has 0 fully saturated rings. The molecule has 1 aliphatic heterocycles. The van der Waals surface area contributed by atoms with Gasteiger partial charge in [-0.1, -0.05) is 24.3 Å². The predicted molar refractivity (Wildman–Crippen MR) is 117 cm³/mol. The third-order valence-corrected chi connectivity index (χ3v) is 6.08. The zero-order valence-corrected chi connectivity index (χ0v) is 17.5. The first kappa shape index (κ1) is 19.6. The van der Waals surface area contributed by atoms with Crippen molar-refractivity contribution in [3.05, 3.63) is 65.5 Å². The Morgan fingerprint density at radius 2 is 2.07 bits per heavy atom. The average Bonchev–Trinajstić information content (AvgIpc) is 3.23. The molecular weight excluding hydrogens is 384 g/mol. The largest absolute Gasteiger partial charge is 0.495 e. The second kappa shape index (κ2) is 8.74. The first-order valence-electron chi connectivity index (χ1n) is 9.72. The molecule has 1 aliphatic rings. The molecule has 5 nitrogen and oxygen atoms in total. The van der Waals surface area contributed by atoms with Crippen molar-refractivity contribution in [1.82, 2.24) is 4.98 Å². The monoisotopic (exact) mass is 408 g/mol. The summed E-state index contributed by atoms with van der Waals surface area (Å²) >= 11 is 1.55. The Bertz CT molecular complexity index is 1000. The second-order valence-corrected chi connectivity index (χ2v) is 8.05. The number of carbonyl (C=O) groups excluding carboxylic acids is 1. The lowest BCUT2D eigenvalue weighted by Crippen LogP contribution is -2.37. The van der Waals surface area contributed by atoms with Crippen molar-refractivity contribution in [2.24, 2.45) is 0 Å². The summed E-state index contributed by atoms with van der Waals surface area (Å²) < 4.78 is 11.1. The molecule has 2 aromatic carbocycles. The number of oxazole rings is 1. The molecule has 0 N–H and O–H groups in total. The van der Waals surface area contributed by atoms with Crippen molar-refractivity contribution in [3.63, 3.8) is 0 Å². The van der Waals surface area contributed by atoms with Gasteiger partial charge in [-0.25, -0.2) is 4.98 Å². The highest BCUT2D eigenvalue weighted by Gasteiger charge is 2.27. The number of hydrogen-bond acceptors (Lipinski definition) is 5. The van der Waals surface area contributed by atoms with Crippen LogP contribution < -0.4 is 9.64 Å². The maximum absolute atomic E-state index is 13.0. The fraction of sp³-hybridized carbons (Fsp3) is 0.304. The molecule has 29 heavy (non-hydrogen) atoms. The summed E-state index contributed by atoms with van der Waals surface area (Å²) in [5.74, 6) is 2.51. The van der Waals surface area contributed by atoms with E-state index in [0.29, 0.717) is 17.4 Å². The van der Waals surface area contributed by atoms with Crippen molar-refractivity contribution in [2.45, 2.75) is 25.5 Å². The predicted octanol–water partition coefficient (Wildman–Crippen LogP) is 4.87. The Morgan fingerprint density at radius 1 is 1.24 bits per heavy atom.